The fourth-order valence-electron chi connectivity index (χ4n) is 1.90. The lowest BCUT2D eigenvalue weighted by molar-refractivity contribution is -0.120. The third-order valence-corrected chi connectivity index (χ3v) is 3.14. The summed E-state index contributed by atoms with van der Waals surface area (Å²) >= 11 is 0. The van der Waals surface area contributed by atoms with Crippen LogP contribution in [0.5, 0.6) is 0 Å². The quantitative estimate of drug-likeness (QED) is 0.305. The fraction of sp³-hybridized carbons (Fsp3) is 0.867. The van der Waals surface area contributed by atoms with Gasteiger partial charge in [-0.3, -0.25) is 9.79 Å². The number of ether oxygens (including phenoxy) is 1. The molecule has 1 unspecified atom stereocenters. The van der Waals surface area contributed by atoms with Gasteiger partial charge in [-0.25, -0.2) is 0 Å². The number of nitrogens with one attached hydrogen (secondary N) is 3. The zero-order valence-corrected chi connectivity index (χ0v) is 14.0. The molecule has 0 rings (SSSR count). The molecule has 0 aromatic heterocycles. The van der Waals surface area contributed by atoms with E-state index in [0.29, 0.717) is 25.2 Å². The lowest BCUT2D eigenvalue weighted by Crippen LogP contribution is -2.46. The summed E-state index contributed by atoms with van der Waals surface area (Å²) in [4.78, 5) is 15.7. The van der Waals surface area contributed by atoms with Gasteiger partial charge in [0.25, 0.3) is 0 Å². The number of amides is 1. The minimum Gasteiger partial charge on any atom is -0.383 e. The number of hydrogen-bond donors (Lipinski definition) is 3. The van der Waals surface area contributed by atoms with Crippen LogP contribution in [0, 0.1) is 0 Å². The lowest BCUT2D eigenvalue weighted by atomic mass is 10.1. The highest BCUT2D eigenvalue weighted by Gasteiger charge is 2.06. The summed E-state index contributed by atoms with van der Waals surface area (Å²) in [5.74, 6) is 0.602. The number of nitrogens with zero attached hydrogens (tertiary/aromatic N) is 1. The van der Waals surface area contributed by atoms with E-state index in [4.69, 9.17) is 4.74 Å². The van der Waals surface area contributed by atoms with Crippen molar-refractivity contribution in [3.8, 4) is 0 Å². The van der Waals surface area contributed by atoms with Crippen LogP contribution >= 0.6 is 0 Å². The first-order chi connectivity index (χ1) is 10.1. The summed E-state index contributed by atoms with van der Waals surface area (Å²) in [6, 6.07) is 0.351. The van der Waals surface area contributed by atoms with Gasteiger partial charge >= 0.3 is 0 Å². The van der Waals surface area contributed by atoms with Crippen LogP contribution in [0.25, 0.3) is 0 Å². The van der Waals surface area contributed by atoms with E-state index in [0.717, 1.165) is 6.42 Å². The molecule has 0 saturated heterocycles. The number of hydrogen-bond acceptors (Lipinski definition) is 3. The maximum atomic E-state index is 11.6. The van der Waals surface area contributed by atoms with Gasteiger partial charge in [0.05, 0.1) is 13.2 Å². The second-order valence-corrected chi connectivity index (χ2v) is 5.16. The first kappa shape index (κ1) is 19.7. The van der Waals surface area contributed by atoms with Crippen LogP contribution in [-0.4, -0.2) is 51.8 Å². The van der Waals surface area contributed by atoms with Gasteiger partial charge in [0.1, 0.15) is 0 Å². The maximum Gasteiger partial charge on any atom is 0.239 e. The summed E-state index contributed by atoms with van der Waals surface area (Å²) in [6.07, 6.45) is 6.15. The van der Waals surface area contributed by atoms with Gasteiger partial charge in [-0.1, -0.05) is 32.6 Å². The molecule has 0 saturated carbocycles. The number of carbonyl (C=O) groups is 1. The van der Waals surface area contributed by atoms with E-state index >= 15 is 0 Å². The molecule has 0 aliphatic carbocycles. The van der Waals surface area contributed by atoms with Crippen molar-refractivity contribution in [3.05, 3.63) is 0 Å². The van der Waals surface area contributed by atoms with Gasteiger partial charge in [0.2, 0.25) is 5.91 Å². The fourth-order valence-corrected chi connectivity index (χ4v) is 1.90. The molecule has 0 bridgehead atoms. The molecule has 0 heterocycles. The lowest BCUT2D eigenvalue weighted by Gasteiger charge is -2.17. The largest absolute Gasteiger partial charge is 0.383 e. The number of rotatable bonds is 11. The third-order valence-electron chi connectivity index (χ3n) is 3.14. The van der Waals surface area contributed by atoms with Gasteiger partial charge in [-0.15, -0.1) is 0 Å². The summed E-state index contributed by atoms with van der Waals surface area (Å²) < 4.78 is 4.88. The minimum absolute atomic E-state index is 0.0643. The second kappa shape index (κ2) is 13.7. The second-order valence-electron chi connectivity index (χ2n) is 5.16. The summed E-state index contributed by atoms with van der Waals surface area (Å²) in [7, 11) is 3.32. The predicted octanol–water partition coefficient (Wildman–Crippen LogP) is 1.27. The predicted molar refractivity (Wildman–Crippen MR) is 87.6 cm³/mol. The highest BCUT2D eigenvalue weighted by Crippen LogP contribution is 2.04. The number of carbonyl (C=O) groups excluding carboxylic acids is 1. The molecule has 6 nitrogen and oxygen atoms in total. The van der Waals surface area contributed by atoms with Crippen molar-refractivity contribution in [3.63, 3.8) is 0 Å². The van der Waals surface area contributed by atoms with Crippen molar-refractivity contribution in [1.29, 1.82) is 0 Å². The third kappa shape index (κ3) is 12.2. The number of unbranched alkanes of at least 4 members (excludes halogenated alkanes) is 3. The Bertz CT molecular complexity index is 295. The summed E-state index contributed by atoms with van der Waals surface area (Å²) in [6.45, 7) is 5.61. The molecule has 0 fully saturated rings. The smallest absolute Gasteiger partial charge is 0.239 e. The minimum atomic E-state index is -0.0643. The van der Waals surface area contributed by atoms with E-state index in [2.05, 4.69) is 34.8 Å². The Kier molecular flexibility index (Phi) is 12.8. The molecule has 0 aromatic carbocycles. The average molecular weight is 300 g/mol. The molecule has 0 radical (unpaired) electrons. The Balaban J connectivity index is 3.81. The van der Waals surface area contributed by atoms with Crippen molar-refractivity contribution in [2.45, 2.75) is 52.0 Å². The van der Waals surface area contributed by atoms with E-state index in [-0.39, 0.29) is 12.5 Å². The molecular weight excluding hydrogens is 268 g/mol. The van der Waals surface area contributed by atoms with Crippen LogP contribution in [0.3, 0.4) is 0 Å². The average Bonchev–Trinajstić information content (AvgIpc) is 2.48. The Hall–Kier alpha value is -1.30. The Morgan fingerprint density at radius 1 is 1.24 bits per heavy atom. The van der Waals surface area contributed by atoms with Crippen molar-refractivity contribution in [2.24, 2.45) is 4.99 Å². The SMILES string of the molecule is CCCCCCC(C)NC(=NC)NCC(=O)NCCOC. The maximum absolute atomic E-state index is 11.6. The normalized spacial score (nSPS) is 12.9. The Morgan fingerprint density at radius 3 is 2.62 bits per heavy atom. The first-order valence-corrected chi connectivity index (χ1v) is 7.86. The molecule has 3 N–H and O–H groups in total. The van der Waals surface area contributed by atoms with Gasteiger partial charge in [-0.2, -0.15) is 0 Å². The van der Waals surface area contributed by atoms with Crippen LogP contribution in [-0.2, 0) is 9.53 Å². The molecule has 1 amide bonds. The van der Waals surface area contributed by atoms with E-state index < -0.39 is 0 Å². The van der Waals surface area contributed by atoms with E-state index in [1.54, 1.807) is 14.2 Å². The van der Waals surface area contributed by atoms with Gasteiger partial charge in [0, 0.05) is 26.7 Å². The van der Waals surface area contributed by atoms with Crippen molar-refractivity contribution < 1.29 is 9.53 Å². The number of aliphatic imine (C=N–C) groups is 1. The van der Waals surface area contributed by atoms with E-state index in [1.165, 1.54) is 25.7 Å². The monoisotopic (exact) mass is 300 g/mol. The van der Waals surface area contributed by atoms with Gasteiger partial charge < -0.3 is 20.7 Å². The van der Waals surface area contributed by atoms with Crippen molar-refractivity contribution in [1.82, 2.24) is 16.0 Å². The molecule has 1 atom stereocenters. The first-order valence-electron chi connectivity index (χ1n) is 7.86. The molecule has 124 valence electrons. The van der Waals surface area contributed by atoms with Crippen LogP contribution in [0.4, 0.5) is 0 Å². The highest BCUT2D eigenvalue weighted by molar-refractivity contribution is 5.86. The summed E-state index contributed by atoms with van der Waals surface area (Å²) in [5.41, 5.74) is 0. The van der Waals surface area contributed by atoms with Gasteiger partial charge in [0.15, 0.2) is 5.96 Å². The van der Waals surface area contributed by atoms with Crippen molar-refractivity contribution in [2.75, 3.05) is 33.9 Å². The highest BCUT2D eigenvalue weighted by atomic mass is 16.5. The molecule has 6 heteroatoms. The molecule has 0 aliphatic rings. The topological polar surface area (TPSA) is 74.8 Å². The number of guanidine groups is 1. The standard InChI is InChI=1S/C15H32N4O2/c1-5-6-7-8-9-13(2)19-15(16-3)18-12-14(20)17-10-11-21-4/h13H,5-12H2,1-4H3,(H,17,20)(H2,16,18,19). The van der Waals surface area contributed by atoms with Crippen LogP contribution in [0.15, 0.2) is 4.99 Å². The van der Waals surface area contributed by atoms with E-state index in [1.807, 2.05) is 0 Å². The Labute approximate surface area is 129 Å². The number of methoxy groups -OCH3 is 1. The molecule has 0 aromatic rings. The zero-order valence-electron chi connectivity index (χ0n) is 14.0. The van der Waals surface area contributed by atoms with Gasteiger partial charge in [-0.05, 0) is 13.3 Å². The molecule has 21 heavy (non-hydrogen) atoms. The molecular formula is C15H32N4O2. The van der Waals surface area contributed by atoms with Crippen LogP contribution in [0.2, 0.25) is 0 Å². The van der Waals surface area contributed by atoms with E-state index in [9.17, 15) is 4.79 Å². The van der Waals surface area contributed by atoms with Crippen LogP contribution in [0.1, 0.15) is 46.0 Å². The zero-order chi connectivity index (χ0) is 15.9. The van der Waals surface area contributed by atoms with Crippen LogP contribution < -0.4 is 16.0 Å². The van der Waals surface area contributed by atoms with Crippen molar-refractivity contribution >= 4 is 11.9 Å². The molecule has 0 spiro atoms. The Morgan fingerprint density at radius 2 is 2.00 bits per heavy atom. The molecule has 0 aliphatic heterocycles. The summed E-state index contributed by atoms with van der Waals surface area (Å²) in [5, 5.41) is 9.07.